The van der Waals surface area contributed by atoms with Crippen molar-refractivity contribution in [2.24, 2.45) is 0 Å². The molecule has 0 unspecified atom stereocenters. The smallest absolute Gasteiger partial charge is 0.246 e. The topological polar surface area (TPSA) is 20.3 Å². The highest BCUT2D eigenvalue weighted by Crippen LogP contribution is 2.14. The summed E-state index contributed by atoms with van der Waals surface area (Å²) in [6.45, 7) is 12.6. The number of nitrogens with zero attached hydrogens (tertiary/aromatic N) is 1. The lowest BCUT2D eigenvalue weighted by atomic mass is 10.1. The average molecular weight is 183 g/mol. The monoisotopic (exact) mass is 183 g/mol. The third-order valence-corrected chi connectivity index (χ3v) is 1.99. The first kappa shape index (κ1) is 12.2. The Hall–Kier alpha value is -0.790. The van der Waals surface area contributed by atoms with Crippen LogP contribution >= 0.6 is 0 Å². The minimum atomic E-state index is -0.0968. The van der Waals surface area contributed by atoms with Crippen molar-refractivity contribution < 1.29 is 4.79 Å². The van der Waals surface area contributed by atoms with Crippen molar-refractivity contribution in [3.8, 4) is 0 Å². The highest BCUT2D eigenvalue weighted by Gasteiger charge is 2.23. The van der Waals surface area contributed by atoms with Crippen molar-refractivity contribution in [3.05, 3.63) is 12.7 Å². The Morgan fingerprint density at radius 1 is 1.46 bits per heavy atom. The van der Waals surface area contributed by atoms with E-state index < -0.39 is 0 Å². The van der Waals surface area contributed by atoms with Crippen LogP contribution in [0.15, 0.2) is 12.7 Å². The predicted molar refractivity (Wildman–Crippen MR) is 56.6 cm³/mol. The van der Waals surface area contributed by atoms with Crippen LogP contribution in [0.1, 0.15) is 40.5 Å². The lowest BCUT2D eigenvalue weighted by molar-refractivity contribution is -0.130. The molecule has 0 aromatic rings. The van der Waals surface area contributed by atoms with Gasteiger partial charge in [-0.15, -0.1) is 0 Å². The second-order valence-electron chi connectivity index (χ2n) is 4.22. The molecule has 0 bridgehead atoms. The molecule has 0 rings (SSSR count). The molecule has 0 saturated heterocycles. The van der Waals surface area contributed by atoms with Crippen molar-refractivity contribution in [1.82, 2.24) is 4.90 Å². The third-order valence-electron chi connectivity index (χ3n) is 1.99. The maximum absolute atomic E-state index is 11.5. The summed E-state index contributed by atoms with van der Waals surface area (Å²) in [5.74, 6) is 0.0287. The Morgan fingerprint density at radius 2 is 2.00 bits per heavy atom. The van der Waals surface area contributed by atoms with Gasteiger partial charge in [-0.05, 0) is 33.3 Å². The number of carbonyl (C=O) groups excluding carboxylic acids is 1. The number of unbranched alkanes of at least 4 members (excludes halogenated alkanes) is 1. The molecule has 0 radical (unpaired) electrons. The standard InChI is InChI=1S/C11H21NO/c1-6-8-9-12(10(13)7-2)11(3,4)5/h7H,2,6,8-9H2,1,3-5H3. The van der Waals surface area contributed by atoms with Gasteiger partial charge in [0.15, 0.2) is 0 Å². The molecule has 0 aliphatic heterocycles. The quantitative estimate of drug-likeness (QED) is 0.613. The third kappa shape index (κ3) is 4.11. The highest BCUT2D eigenvalue weighted by molar-refractivity contribution is 5.87. The van der Waals surface area contributed by atoms with Crippen molar-refractivity contribution in [3.63, 3.8) is 0 Å². The van der Waals surface area contributed by atoms with E-state index in [0.717, 1.165) is 19.4 Å². The fourth-order valence-corrected chi connectivity index (χ4v) is 1.20. The molecule has 0 aliphatic carbocycles. The van der Waals surface area contributed by atoms with E-state index in [1.165, 1.54) is 6.08 Å². The summed E-state index contributed by atoms with van der Waals surface area (Å²) < 4.78 is 0. The summed E-state index contributed by atoms with van der Waals surface area (Å²) in [6.07, 6.45) is 3.55. The molecule has 76 valence electrons. The molecule has 0 spiro atoms. The van der Waals surface area contributed by atoms with Crippen molar-refractivity contribution in [1.29, 1.82) is 0 Å². The van der Waals surface area contributed by atoms with Crippen LogP contribution in [0.5, 0.6) is 0 Å². The number of hydrogen-bond donors (Lipinski definition) is 0. The Balaban J connectivity index is 4.37. The lowest BCUT2D eigenvalue weighted by Gasteiger charge is -2.35. The van der Waals surface area contributed by atoms with Crippen molar-refractivity contribution in [2.45, 2.75) is 46.1 Å². The molecule has 0 aromatic carbocycles. The first-order valence-electron chi connectivity index (χ1n) is 4.87. The fourth-order valence-electron chi connectivity index (χ4n) is 1.20. The Bertz CT molecular complexity index is 179. The summed E-state index contributed by atoms with van der Waals surface area (Å²) >= 11 is 0. The lowest BCUT2D eigenvalue weighted by Crippen LogP contribution is -2.45. The molecule has 0 N–H and O–H groups in total. The summed E-state index contributed by atoms with van der Waals surface area (Å²) in [7, 11) is 0. The van der Waals surface area contributed by atoms with Gasteiger partial charge < -0.3 is 4.90 Å². The largest absolute Gasteiger partial charge is 0.334 e. The Morgan fingerprint density at radius 3 is 2.31 bits per heavy atom. The van der Waals surface area contributed by atoms with Crippen LogP contribution in [0.25, 0.3) is 0 Å². The molecule has 0 aromatic heterocycles. The van der Waals surface area contributed by atoms with Crippen LogP contribution in [0.2, 0.25) is 0 Å². The zero-order valence-electron chi connectivity index (χ0n) is 9.26. The fraction of sp³-hybridized carbons (Fsp3) is 0.727. The van der Waals surface area contributed by atoms with E-state index in [9.17, 15) is 4.79 Å². The van der Waals surface area contributed by atoms with Gasteiger partial charge in [-0.2, -0.15) is 0 Å². The van der Waals surface area contributed by atoms with E-state index in [0.29, 0.717) is 0 Å². The van der Waals surface area contributed by atoms with E-state index in [4.69, 9.17) is 0 Å². The molecule has 13 heavy (non-hydrogen) atoms. The van der Waals surface area contributed by atoms with Gasteiger partial charge in [-0.25, -0.2) is 0 Å². The van der Waals surface area contributed by atoms with E-state index in [1.54, 1.807) is 0 Å². The summed E-state index contributed by atoms with van der Waals surface area (Å²) in [6, 6.07) is 0. The van der Waals surface area contributed by atoms with Gasteiger partial charge in [0.2, 0.25) is 5.91 Å². The van der Waals surface area contributed by atoms with E-state index in [-0.39, 0.29) is 11.4 Å². The molecule has 0 aliphatic rings. The summed E-state index contributed by atoms with van der Waals surface area (Å²) in [5, 5.41) is 0. The molecule has 0 heterocycles. The van der Waals surface area contributed by atoms with Crippen LogP contribution in [0, 0.1) is 0 Å². The molecule has 0 fully saturated rings. The van der Waals surface area contributed by atoms with Gasteiger partial charge in [0.25, 0.3) is 0 Å². The number of rotatable bonds is 4. The first-order valence-corrected chi connectivity index (χ1v) is 4.87. The van der Waals surface area contributed by atoms with Gasteiger partial charge in [0.05, 0.1) is 0 Å². The molecular weight excluding hydrogens is 162 g/mol. The highest BCUT2D eigenvalue weighted by atomic mass is 16.2. The van der Waals surface area contributed by atoms with Gasteiger partial charge in [0.1, 0.15) is 0 Å². The second kappa shape index (κ2) is 5.05. The number of hydrogen-bond acceptors (Lipinski definition) is 1. The molecule has 0 atom stereocenters. The van der Waals surface area contributed by atoms with E-state index >= 15 is 0 Å². The van der Waals surface area contributed by atoms with Crippen LogP contribution in [0.3, 0.4) is 0 Å². The minimum Gasteiger partial charge on any atom is -0.334 e. The van der Waals surface area contributed by atoms with E-state index in [1.807, 2.05) is 25.7 Å². The Labute approximate surface area is 81.6 Å². The Kier molecular flexibility index (Phi) is 4.74. The van der Waals surface area contributed by atoms with Crippen LogP contribution in [-0.2, 0) is 4.79 Å². The summed E-state index contributed by atoms with van der Waals surface area (Å²) in [4.78, 5) is 13.3. The first-order chi connectivity index (χ1) is 5.93. The van der Waals surface area contributed by atoms with E-state index in [2.05, 4.69) is 13.5 Å². The molecule has 1 amide bonds. The summed E-state index contributed by atoms with van der Waals surface area (Å²) in [5.41, 5.74) is -0.0968. The maximum atomic E-state index is 11.5. The van der Waals surface area contributed by atoms with Crippen LogP contribution < -0.4 is 0 Å². The second-order valence-corrected chi connectivity index (χ2v) is 4.22. The molecule has 0 saturated carbocycles. The molecular formula is C11H21NO. The van der Waals surface area contributed by atoms with Crippen LogP contribution in [0.4, 0.5) is 0 Å². The average Bonchev–Trinajstić information content (AvgIpc) is 2.02. The molecule has 2 nitrogen and oxygen atoms in total. The SMILES string of the molecule is C=CC(=O)N(CCCC)C(C)(C)C. The van der Waals surface area contributed by atoms with Gasteiger partial charge in [-0.1, -0.05) is 19.9 Å². The minimum absolute atomic E-state index is 0.0287. The zero-order valence-corrected chi connectivity index (χ0v) is 9.26. The normalized spacial score (nSPS) is 11.1. The molecule has 2 heteroatoms. The predicted octanol–water partition coefficient (Wildman–Crippen LogP) is 2.60. The number of amides is 1. The number of carbonyl (C=O) groups is 1. The van der Waals surface area contributed by atoms with Gasteiger partial charge in [0, 0.05) is 12.1 Å². The van der Waals surface area contributed by atoms with Crippen LogP contribution in [-0.4, -0.2) is 22.9 Å². The van der Waals surface area contributed by atoms with Crippen molar-refractivity contribution >= 4 is 5.91 Å². The van der Waals surface area contributed by atoms with Gasteiger partial charge >= 0.3 is 0 Å². The van der Waals surface area contributed by atoms with Crippen molar-refractivity contribution in [2.75, 3.05) is 6.54 Å². The maximum Gasteiger partial charge on any atom is 0.246 e. The van der Waals surface area contributed by atoms with Gasteiger partial charge in [-0.3, -0.25) is 4.79 Å². The zero-order chi connectivity index (χ0) is 10.5.